The fraction of sp³-hybridized carbons (Fsp3) is 0.350. The van der Waals surface area contributed by atoms with E-state index in [4.69, 9.17) is 0 Å². The average molecular weight is 350 g/mol. The van der Waals surface area contributed by atoms with Crippen LogP contribution in [0.3, 0.4) is 0 Å². The van der Waals surface area contributed by atoms with E-state index in [9.17, 15) is 9.59 Å². The van der Waals surface area contributed by atoms with E-state index in [0.29, 0.717) is 25.1 Å². The molecule has 0 saturated carbocycles. The van der Waals surface area contributed by atoms with Gasteiger partial charge in [-0.1, -0.05) is 12.1 Å². The Labute approximate surface area is 153 Å². The van der Waals surface area contributed by atoms with Crippen LogP contribution in [0.5, 0.6) is 0 Å². The second-order valence-corrected chi connectivity index (χ2v) is 6.67. The Balaban J connectivity index is 1.43. The minimum absolute atomic E-state index is 0.0270. The van der Waals surface area contributed by atoms with Gasteiger partial charge in [-0.3, -0.25) is 9.59 Å². The first-order valence-corrected chi connectivity index (χ1v) is 9.08. The van der Waals surface area contributed by atoms with Gasteiger partial charge in [0.2, 0.25) is 5.91 Å². The standard InChI is InChI=1S/C20H22N4O2/c25-19-8-4-10-24(19)17-6-3-5-16(15-17)20(26)23-13-11-22(12-14-23)18-7-1-2-9-21-18/h1-3,5-7,9,15H,4,8,10-14H2. The molecule has 3 heterocycles. The number of carbonyl (C=O) groups is 2. The molecule has 2 aliphatic rings. The molecule has 6 nitrogen and oxygen atoms in total. The lowest BCUT2D eigenvalue weighted by Crippen LogP contribution is -2.49. The van der Waals surface area contributed by atoms with Crippen LogP contribution in [0.2, 0.25) is 0 Å². The first kappa shape index (κ1) is 16.6. The number of rotatable bonds is 3. The van der Waals surface area contributed by atoms with Crippen molar-refractivity contribution in [2.24, 2.45) is 0 Å². The Morgan fingerprint density at radius 2 is 1.81 bits per heavy atom. The van der Waals surface area contributed by atoms with E-state index in [0.717, 1.165) is 37.6 Å². The van der Waals surface area contributed by atoms with E-state index >= 15 is 0 Å². The zero-order valence-corrected chi connectivity index (χ0v) is 14.7. The molecule has 1 aromatic heterocycles. The van der Waals surface area contributed by atoms with Crippen molar-refractivity contribution in [1.29, 1.82) is 0 Å². The summed E-state index contributed by atoms with van der Waals surface area (Å²) in [7, 11) is 0. The number of hydrogen-bond donors (Lipinski definition) is 0. The Bertz CT molecular complexity index is 800. The molecular formula is C20H22N4O2. The molecule has 0 aliphatic carbocycles. The van der Waals surface area contributed by atoms with Crippen LogP contribution in [-0.4, -0.2) is 54.4 Å². The molecule has 0 N–H and O–H groups in total. The summed E-state index contributed by atoms with van der Waals surface area (Å²) in [6, 6.07) is 13.3. The van der Waals surface area contributed by atoms with Crippen molar-refractivity contribution in [1.82, 2.24) is 9.88 Å². The zero-order valence-electron chi connectivity index (χ0n) is 14.7. The van der Waals surface area contributed by atoms with Crippen molar-refractivity contribution in [2.45, 2.75) is 12.8 Å². The maximum atomic E-state index is 12.9. The number of anilines is 2. The molecule has 0 atom stereocenters. The maximum Gasteiger partial charge on any atom is 0.254 e. The van der Waals surface area contributed by atoms with E-state index in [2.05, 4.69) is 9.88 Å². The van der Waals surface area contributed by atoms with Crippen LogP contribution in [0.15, 0.2) is 48.7 Å². The minimum Gasteiger partial charge on any atom is -0.353 e. The van der Waals surface area contributed by atoms with E-state index in [1.165, 1.54) is 0 Å². The largest absolute Gasteiger partial charge is 0.353 e. The van der Waals surface area contributed by atoms with E-state index < -0.39 is 0 Å². The van der Waals surface area contributed by atoms with Crippen LogP contribution in [0, 0.1) is 0 Å². The van der Waals surface area contributed by atoms with Crippen molar-refractivity contribution in [3.63, 3.8) is 0 Å². The number of nitrogens with zero attached hydrogens (tertiary/aromatic N) is 4. The number of hydrogen-bond acceptors (Lipinski definition) is 4. The molecule has 1 aromatic carbocycles. The van der Waals surface area contributed by atoms with Crippen LogP contribution >= 0.6 is 0 Å². The van der Waals surface area contributed by atoms with E-state index in [-0.39, 0.29) is 11.8 Å². The molecule has 0 spiro atoms. The van der Waals surface area contributed by atoms with Gasteiger partial charge < -0.3 is 14.7 Å². The Kier molecular flexibility index (Phi) is 4.56. The lowest BCUT2D eigenvalue weighted by atomic mass is 10.1. The predicted molar refractivity (Wildman–Crippen MR) is 100 cm³/mol. The van der Waals surface area contributed by atoms with Gasteiger partial charge in [-0.25, -0.2) is 4.98 Å². The molecule has 2 aliphatic heterocycles. The van der Waals surface area contributed by atoms with Gasteiger partial charge in [0.05, 0.1) is 0 Å². The quantitative estimate of drug-likeness (QED) is 0.851. The van der Waals surface area contributed by atoms with Crippen LogP contribution in [0.25, 0.3) is 0 Å². The van der Waals surface area contributed by atoms with E-state index in [1.54, 1.807) is 11.1 Å². The Morgan fingerprint density at radius 1 is 0.962 bits per heavy atom. The number of amides is 2. The van der Waals surface area contributed by atoms with Gasteiger partial charge in [0.15, 0.2) is 0 Å². The van der Waals surface area contributed by atoms with Gasteiger partial charge in [-0.15, -0.1) is 0 Å². The van der Waals surface area contributed by atoms with Crippen LogP contribution in [0.1, 0.15) is 23.2 Å². The molecule has 0 unspecified atom stereocenters. The van der Waals surface area contributed by atoms with Gasteiger partial charge in [0, 0.05) is 56.6 Å². The summed E-state index contributed by atoms with van der Waals surface area (Å²) >= 11 is 0. The summed E-state index contributed by atoms with van der Waals surface area (Å²) in [5.74, 6) is 1.12. The monoisotopic (exact) mass is 350 g/mol. The predicted octanol–water partition coefficient (Wildman–Crippen LogP) is 2.17. The number of aromatic nitrogens is 1. The number of benzene rings is 1. The smallest absolute Gasteiger partial charge is 0.254 e. The molecule has 2 fully saturated rings. The molecule has 2 aromatic rings. The lowest BCUT2D eigenvalue weighted by molar-refractivity contribution is -0.117. The van der Waals surface area contributed by atoms with Crippen molar-refractivity contribution in [3.05, 3.63) is 54.2 Å². The van der Waals surface area contributed by atoms with Crippen LogP contribution in [0.4, 0.5) is 11.5 Å². The minimum atomic E-state index is 0.0270. The van der Waals surface area contributed by atoms with Crippen molar-refractivity contribution in [3.8, 4) is 0 Å². The molecule has 4 rings (SSSR count). The fourth-order valence-corrected chi connectivity index (χ4v) is 3.59. The molecule has 2 saturated heterocycles. The number of carbonyl (C=O) groups excluding carboxylic acids is 2. The molecule has 6 heteroatoms. The van der Waals surface area contributed by atoms with Gasteiger partial charge in [0.1, 0.15) is 5.82 Å². The van der Waals surface area contributed by atoms with Gasteiger partial charge >= 0.3 is 0 Å². The molecule has 0 radical (unpaired) electrons. The first-order chi connectivity index (χ1) is 12.7. The maximum absolute atomic E-state index is 12.9. The van der Waals surface area contributed by atoms with E-state index in [1.807, 2.05) is 47.4 Å². The lowest BCUT2D eigenvalue weighted by Gasteiger charge is -2.35. The number of pyridine rings is 1. The fourth-order valence-electron chi connectivity index (χ4n) is 3.59. The highest BCUT2D eigenvalue weighted by atomic mass is 16.2. The number of piperazine rings is 1. The average Bonchev–Trinajstić information content (AvgIpc) is 3.14. The summed E-state index contributed by atoms with van der Waals surface area (Å²) in [6.07, 6.45) is 3.26. The SMILES string of the molecule is O=C(c1cccc(N2CCCC2=O)c1)N1CCN(c2ccccn2)CC1. The second kappa shape index (κ2) is 7.15. The second-order valence-electron chi connectivity index (χ2n) is 6.67. The first-order valence-electron chi connectivity index (χ1n) is 9.08. The van der Waals surface area contributed by atoms with Crippen LogP contribution in [-0.2, 0) is 4.79 Å². The normalized spacial score (nSPS) is 17.7. The highest BCUT2D eigenvalue weighted by Crippen LogP contribution is 2.23. The van der Waals surface area contributed by atoms with Crippen LogP contribution < -0.4 is 9.80 Å². The summed E-state index contributed by atoms with van der Waals surface area (Å²) in [5, 5.41) is 0. The van der Waals surface area contributed by atoms with Gasteiger partial charge in [0.25, 0.3) is 5.91 Å². The summed E-state index contributed by atoms with van der Waals surface area (Å²) in [4.78, 5) is 35.1. The summed E-state index contributed by atoms with van der Waals surface area (Å²) < 4.78 is 0. The highest BCUT2D eigenvalue weighted by Gasteiger charge is 2.25. The summed E-state index contributed by atoms with van der Waals surface area (Å²) in [6.45, 7) is 3.61. The Morgan fingerprint density at radius 3 is 2.50 bits per heavy atom. The molecule has 134 valence electrons. The highest BCUT2D eigenvalue weighted by molar-refractivity contribution is 5.99. The van der Waals surface area contributed by atoms with Crippen molar-refractivity contribution in [2.75, 3.05) is 42.5 Å². The zero-order chi connectivity index (χ0) is 17.9. The topological polar surface area (TPSA) is 56.8 Å². The third kappa shape index (κ3) is 3.27. The molecular weight excluding hydrogens is 328 g/mol. The van der Waals surface area contributed by atoms with Gasteiger partial charge in [-0.05, 0) is 36.8 Å². The molecule has 26 heavy (non-hydrogen) atoms. The summed E-state index contributed by atoms with van der Waals surface area (Å²) in [5.41, 5.74) is 1.47. The Hall–Kier alpha value is -2.89. The van der Waals surface area contributed by atoms with Crippen molar-refractivity contribution < 1.29 is 9.59 Å². The molecule has 2 amide bonds. The molecule has 0 bridgehead atoms. The third-order valence-corrected chi connectivity index (χ3v) is 5.02. The van der Waals surface area contributed by atoms with Gasteiger partial charge in [-0.2, -0.15) is 0 Å². The third-order valence-electron chi connectivity index (χ3n) is 5.02. The van der Waals surface area contributed by atoms with Crippen molar-refractivity contribution >= 4 is 23.3 Å².